The van der Waals surface area contributed by atoms with Crippen LogP contribution < -0.4 is 5.32 Å². The molecule has 2 N–H and O–H groups in total. The molecule has 0 heterocycles. The fraction of sp³-hybridized carbons (Fsp3) is 0.235. The van der Waals surface area contributed by atoms with Crippen molar-refractivity contribution in [2.24, 2.45) is 0 Å². The SMILES string of the molecule is CC(NC(=O)Cc1cc(F)ccc1F)C(O)c1ccc(Cl)cc1. The summed E-state index contributed by atoms with van der Waals surface area (Å²) in [5.41, 5.74) is 0.565. The Morgan fingerprint density at radius 1 is 1.22 bits per heavy atom. The number of halogens is 3. The maximum atomic E-state index is 13.5. The van der Waals surface area contributed by atoms with E-state index < -0.39 is 29.7 Å². The Kier molecular flexibility index (Phi) is 5.69. The molecule has 1 amide bonds. The Bertz CT molecular complexity index is 691. The molecule has 0 spiro atoms. The highest BCUT2D eigenvalue weighted by Crippen LogP contribution is 2.19. The fourth-order valence-corrected chi connectivity index (χ4v) is 2.31. The number of carbonyl (C=O) groups is 1. The van der Waals surface area contributed by atoms with Crippen LogP contribution in [0.25, 0.3) is 0 Å². The van der Waals surface area contributed by atoms with Crippen LogP contribution in [0.3, 0.4) is 0 Å². The molecule has 6 heteroatoms. The molecule has 0 saturated carbocycles. The van der Waals surface area contributed by atoms with Crippen molar-refractivity contribution >= 4 is 17.5 Å². The number of rotatable bonds is 5. The maximum absolute atomic E-state index is 13.5. The van der Waals surface area contributed by atoms with Crippen LogP contribution in [0.4, 0.5) is 8.78 Å². The van der Waals surface area contributed by atoms with E-state index in [-0.39, 0.29) is 12.0 Å². The van der Waals surface area contributed by atoms with Crippen molar-refractivity contribution in [2.75, 3.05) is 0 Å². The summed E-state index contributed by atoms with van der Waals surface area (Å²) in [6, 6.07) is 8.93. The number of nitrogens with one attached hydrogen (secondary N) is 1. The molecule has 2 aromatic carbocycles. The van der Waals surface area contributed by atoms with Crippen molar-refractivity contribution in [3.63, 3.8) is 0 Å². The molecule has 3 nitrogen and oxygen atoms in total. The predicted octanol–water partition coefficient (Wildman–Crippen LogP) is 3.40. The van der Waals surface area contributed by atoms with Crippen LogP contribution >= 0.6 is 11.6 Å². The largest absolute Gasteiger partial charge is 0.386 e. The van der Waals surface area contributed by atoms with Crippen LogP contribution in [0.1, 0.15) is 24.2 Å². The smallest absolute Gasteiger partial charge is 0.224 e. The van der Waals surface area contributed by atoms with Crippen LogP contribution in [0.5, 0.6) is 0 Å². The molecule has 2 unspecified atom stereocenters. The van der Waals surface area contributed by atoms with E-state index in [0.717, 1.165) is 18.2 Å². The fourth-order valence-electron chi connectivity index (χ4n) is 2.18. The van der Waals surface area contributed by atoms with E-state index in [0.29, 0.717) is 10.6 Å². The van der Waals surface area contributed by atoms with Crippen molar-refractivity contribution in [3.8, 4) is 0 Å². The summed E-state index contributed by atoms with van der Waals surface area (Å²) in [6.45, 7) is 1.62. The van der Waals surface area contributed by atoms with Gasteiger partial charge in [0.15, 0.2) is 0 Å². The maximum Gasteiger partial charge on any atom is 0.224 e. The highest BCUT2D eigenvalue weighted by Gasteiger charge is 2.19. The Morgan fingerprint density at radius 2 is 1.87 bits per heavy atom. The molecule has 2 aromatic rings. The third-order valence-corrected chi connectivity index (χ3v) is 3.68. The Morgan fingerprint density at radius 3 is 2.52 bits per heavy atom. The van der Waals surface area contributed by atoms with Gasteiger partial charge in [-0.25, -0.2) is 8.78 Å². The number of hydrogen-bond donors (Lipinski definition) is 2. The summed E-state index contributed by atoms with van der Waals surface area (Å²) in [5.74, 6) is -1.76. The molecule has 0 aliphatic rings. The molecular weight excluding hydrogens is 324 g/mol. The van der Waals surface area contributed by atoms with Crippen LogP contribution in [-0.4, -0.2) is 17.1 Å². The lowest BCUT2D eigenvalue weighted by atomic mass is 10.0. The zero-order chi connectivity index (χ0) is 17.0. The van der Waals surface area contributed by atoms with Crippen LogP contribution in [-0.2, 0) is 11.2 Å². The minimum absolute atomic E-state index is 0.0318. The number of hydrogen-bond acceptors (Lipinski definition) is 2. The molecule has 0 aliphatic carbocycles. The minimum Gasteiger partial charge on any atom is -0.386 e. The van der Waals surface area contributed by atoms with Gasteiger partial charge in [0.2, 0.25) is 5.91 Å². The molecule has 0 radical (unpaired) electrons. The van der Waals surface area contributed by atoms with E-state index in [2.05, 4.69) is 5.32 Å². The molecule has 0 fully saturated rings. The second-order valence-corrected chi connectivity index (χ2v) is 5.70. The Labute approximate surface area is 137 Å². The van der Waals surface area contributed by atoms with Gasteiger partial charge in [0.25, 0.3) is 0 Å². The van der Waals surface area contributed by atoms with Gasteiger partial charge in [-0.05, 0) is 42.8 Å². The zero-order valence-corrected chi connectivity index (χ0v) is 13.1. The predicted molar refractivity (Wildman–Crippen MR) is 84.1 cm³/mol. The Balaban J connectivity index is 1.99. The second kappa shape index (κ2) is 7.53. The third kappa shape index (κ3) is 4.74. The van der Waals surface area contributed by atoms with Gasteiger partial charge < -0.3 is 10.4 Å². The number of aliphatic hydroxyl groups is 1. The summed E-state index contributed by atoms with van der Waals surface area (Å²) in [6.07, 6.45) is -1.24. The normalized spacial score (nSPS) is 13.4. The summed E-state index contributed by atoms with van der Waals surface area (Å²) in [7, 11) is 0. The average molecular weight is 340 g/mol. The van der Waals surface area contributed by atoms with E-state index in [1.54, 1.807) is 31.2 Å². The summed E-state index contributed by atoms with van der Waals surface area (Å²) < 4.78 is 26.6. The summed E-state index contributed by atoms with van der Waals surface area (Å²) in [4.78, 5) is 11.9. The van der Waals surface area contributed by atoms with Crippen molar-refractivity contribution < 1.29 is 18.7 Å². The quantitative estimate of drug-likeness (QED) is 0.877. The highest BCUT2D eigenvalue weighted by molar-refractivity contribution is 6.30. The summed E-state index contributed by atoms with van der Waals surface area (Å²) >= 11 is 5.78. The molecule has 0 bridgehead atoms. The topological polar surface area (TPSA) is 49.3 Å². The molecule has 2 rings (SSSR count). The van der Waals surface area contributed by atoms with E-state index in [4.69, 9.17) is 11.6 Å². The monoisotopic (exact) mass is 339 g/mol. The van der Waals surface area contributed by atoms with Gasteiger partial charge in [-0.3, -0.25) is 4.79 Å². The van der Waals surface area contributed by atoms with Gasteiger partial charge in [0, 0.05) is 10.6 Å². The average Bonchev–Trinajstić information content (AvgIpc) is 2.51. The lowest BCUT2D eigenvalue weighted by Crippen LogP contribution is -2.38. The number of carbonyl (C=O) groups excluding carboxylic acids is 1. The molecule has 23 heavy (non-hydrogen) atoms. The standard InChI is InChI=1S/C17H16ClF2NO2/c1-10(17(23)11-2-4-13(18)5-3-11)21-16(22)9-12-8-14(19)6-7-15(12)20/h2-8,10,17,23H,9H2,1H3,(H,21,22). The molecule has 0 aliphatic heterocycles. The first kappa shape index (κ1) is 17.4. The van der Waals surface area contributed by atoms with E-state index in [9.17, 15) is 18.7 Å². The van der Waals surface area contributed by atoms with Crippen molar-refractivity contribution in [1.29, 1.82) is 0 Å². The van der Waals surface area contributed by atoms with E-state index in [1.807, 2.05) is 0 Å². The van der Waals surface area contributed by atoms with Crippen LogP contribution in [0.2, 0.25) is 5.02 Å². The molecule has 0 aromatic heterocycles. The first-order valence-corrected chi connectivity index (χ1v) is 7.41. The second-order valence-electron chi connectivity index (χ2n) is 5.27. The highest BCUT2D eigenvalue weighted by atomic mass is 35.5. The third-order valence-electron chi connectivity index (χ3n) is 3.43. The lowest BCUT2D eigenvalue weighted by molar-refractivity contribution is -0.121. The number of aliphatic hydroxyl groups excluding tert-OH is 1. The van der Waals surface area contributed by atoms with Crippen molar-refractivity contribution in [2.45, 2.75) is 25.5 Å². The van der Waals surface area contributed by atoms with E-state index >= 15 is 0 Å². The first-order chi connectivity index (χ1) is 10.9. The molecule has 2 atom stereocenters. The number of benzene rings is 2. The van der Waals surface area contributed by atoms with Crippen LogP contribution in [0.15, 0.2) is 42.5 Å². The molecule has 0 saturated heterocycles. The lowest BCUT2D eigenvalue weighted by Gasteiger charge is -2.21. The first-order valence-electron chi connectivity index (χ1n) is 7.03. The van der Waals surface area contributed by atoms with Crippen LogP contribution in [0, 0.1) is 11.6 Å². The van der Waals surface area contributed by atoms with Gasteiger partial charge >= 0.3 is 0 Å². The van der Waals surface area contributed by atoms with Gasteiger partial charge in [-0.1, -0.05) is 23.7 Å². The van der Waals surface area contributed by atoms with Crippen molar-refractivity contribution in [3.05, 3.63) is 70.2 Å². The zero-order valence-electron chi connectivity index (χ0n) is 12.4. The van der Waals surface area contributed by atoms with Gasteiger partial charge in [-0.2, -0.15) is 0 Å². The van der Waals surface area contributed by atoms with Crippen molar-refractivity contribution in [1.82, 2.24) is 5.32 Å². The minimum atomic E-state index is -0.937. The van der Waals surface area contributed by atoms with E-state index in [1.165, 1.54) is 0 Å². The molecule has 122 valence electrons. The number of amides is 1. The summed E-state index contributed by atoms with van der Waals surface area (Å²) in [5, 5.41) is 13.3. The van der Waals surface area contributed by atoms with Gasteiger partial charge in [0.1, 0.15) is 11.6 Å². The molecular formula is C17H16ClF2NO2. The Hall–Kier alpha value is -1.98. The van der Waals surface area contributed by atoms with Gasteiger partial charge in [-0.15, -0.1) is 0 Å². The van der Waals surface area contributed by atoms with Gasteiger partial charge in [0.05, 0.1) is 18.6 Å².